The van der Waals surface area contributed by atoms with Gasteiger partial charge in [0.15, 0.2) is 11.5 Å². The topological polar surface area (TPSA) is 61.2 Å². The van der Waals surface area contributed by atoms with Crippen molar-refractivity contribution in [3.05, 3.63) is 35.4 Å². The molecule has 0 amide bonds. The van der Waals surface area contributed by atoms with E-state index in [4.69, 9.17) is 9.47 Å². The lowest BCUT2D eigenvalue weighted by Crippen LogP contribution is -2.18. The number of hydrogen-bond donors (Lipinski definition) is 1. The summed E-state index contributed by atoms with van der Waals surface area (Å²) in [5.74, 6) is 3.89. The van der Waals surface area contributed by atoms with Gasteiger partial charge in [0.1, 0.15) is 11.6 Å². The molecule has 0 unspecified atom stereocenters. The van der Waals surface area contributed by atoms with Crippen molar-refractivity contribution in [2.45, 2.75) is 51.7 Å². The van der Waals surface area contributed by atoms with Gasteiger partial charge in [-0.05, 0) is 18.9 Å². The quantitative estimate of drug-likeness (QED) is 0.934. The average Bonchev–Trinajstić information content (AvgIpc) is 2.81. The molecule has 24 heavy (non-hydrogen) atoms. The van der Waals surface area contributed by atoms with Crippen molar-refractivity contribution in [3.8, 4) is 11.5 Å². The number of hydrogen-bond acceptors (Lipinski definition) is 5. The maximum atomic E-state index is 5.88. The third-order valence-electron chi connectivity index (χ3n) is 4.64. The van der Waals surface area contributed by atoms with Gasteiger partial charge < -0.3 is 19.4 Å². The number of aryl methyl sites for hydroxylation is 1. The molecule has 4 rings (SSSR count). The van der Waals surface area contributed by atoms with E-state index in [1.807, 2.05) is 12.1 Å². The van der Waals surface area contributed by atoms with Crippen LogP contribution in [0.4, 0.5) is 0 Å². The van der Waals surface area contributed by atoms with Gasteiger partial charge in [-0.1, -0.05) is 18.6 Å². The van der Waals surface area contributed by atoms with Gasteiger partial charge in [0.05, 0.1) is 19.8 Å². The fraction of sp³-hybridized carbons (Fsp3) is 0.556. The number of para-hydroxylation sites is 1. The van der Waals surface area contributed by atoms with Crippen molar-refractivity contribution in [1.29, 1.82) is 0 Å². The highest BCUT2D eigenvalue weighted by Crippen LogP contribution is 2.33. The molecule has 0 atom stereocenters. The van der Waals surface area contributed by atoms with Gasteiger partial charge in [0, 0.05) is 31.5 Å². The van der Waals surface area contributed by atoms with Crippen LogP contribution in [0.2, 0.25) is 0 Å². The number of nitrogens with one attached hydrogen (secondary N) is 1. The Kier molecular flexibility index (Phi) is 4.64. The average molecular weight is 328 g/mol. The lowest BCUT2D eigenvalue weighted by Gasteiger charge is -2.13. The number of rotatable bonds is 4. The van der Waals surface area contributed by atoms with Crippen LogP contribution in [0.1, 0.15) is 42.9 Å². The molecule has 3 heterocycles. The van der Waals surface area contributed by atoms with Gasteiger partial charge in [0.2, 0.25) is 0 Å². The maximum absolute atomic E-state index is 5.88. The molecule has 1 aromatic heterocycles. The van der Waals surface area contributed by atoms with E-state index in [9.17, 15) is 0 Å². The third-order valence-corrected chi connectivity index (χ3v) is 4.64. The molecule has 0 bridgehead atoms. The standard InChI is InChI=1S/C18H24N4O2/c1-2-8-16-20-21-17(22(16)9-3-1)13-19-12-14-6-4-7-15-18(14)24-11-5-10-23-15/h4,6-7,19H,1-3,5,8-13H2. The van der Waals surface area contributed by atoms with E-state index in [2.05, 4.69) is 26.1 Å². The van der Waals surface area contributed by atoms with Crippen LogP contribution in [0.25, 0.3) is 0 Å². The monoisotopic (exact) mass is 328 g/mol. The highest BCUT2D eigenvalue weighted by atomic mass is 16.5. The molecule has 0 saturated carbocycles. The number of nitrogens with zero attached hydrogens (tertiary/aromatic N) is 3. The number of ether oxygens (including phenoxy) is 2. The van der Waals surface area contributed by atoms with Crippen LogP contribution in [0.3, 0.4) is 0 Å². The molecule has 0 fully saturated rings. The zero-order chi connectivity index (χ0) is 16.2. The lowest BCUT2D eigenvalue weighted by molar-refractivity contribution is 0.296. The summed E-state index contributed by atoms with van der Waals surface area (Å²) in [5.41, 5.74) is 1.13. The van der Waals surface area contributed by atoms with Gasteiger partial charge in [-0.25, -0.2) is 0 Å². The van der Waals surface area contributed by atoms with E-state index < -0.39 is 0 Å². The predicted molar refractivity (Wildman–Crippen MR) is 90.2 cm³/mol. The van der Waals surface area contributed by atoms with Crippen LogP contribution in [0.15, 0.2) is 18.2 Å². The van der Waals surface area contributed by atoms with Crippen LogP contribution in [0, 0.1) is 0 Å². The Morgan fingerprint density at radius 1 is 1.00 bits per heavy atom. The molecule has 1 N–H and O–H groups in total. The van der Waals surface area contributed by atoms with Gasteiger partial charge in [-0.3, -0.25) is 0 Å². The van der Waals surface area contributed by atoms with E-state index >= 15 is 0 Å². The minimum atomic E-state index is 0.710. The molecule has 2 aliphatic rings. The van der Waals surface area contributed by atoms with Gasteiger partial charge in [-0.15, -0.1) is 10.2 Å². The SMILES string of the molecule is c1cc(CNCc2nnc3n2CCCCC3)c2c(c1)OCCCO2. The van der Waals surface area contributed by atoms with Crippen molar-refractivity contribution in [3.63, 3.8) is 0 Å². The predicted octanol–water partition coefficient (Wildman–Crippen LogP) is 2.46. The van der Waals surface area contributed by atoms with Crippen LogP contribution in [-0.4, -0.2) is 28.0 Å². The summed E-state index contributed by atoms with van der Waals surface area (Å²) in [6.45, 7) is 3.92. The minimum Gasteiger partial charge on any atom is -0.490 e. The summed E-state index contributed by atoms with van der Waals surface area (Å²) in [6, 6.07) is 6.08. The van der Waals surface area contributed by atoms with Crippen molar-refractivity contribution in [2.75, 3.05) is 13.2 Å². The van der Waals surface area contributed by atoms with Gasteiger partial charge >= 0.3 is 0 Å². The lowest BCUT2D eigenvalue weighted by atomic mass is 10.2. The third kappa shape index (κ3) is 3.24. The molecule has 0 aliphatic carbocycles. The molecule has 6 nitrogen and oxygen atoms in total. The summed E-state index contributed by atoms with van der Waals surface area (Å²) in [7, 11) is 0. The van der Waals surface area contributed by atoms with Crippen LogP contribution >= 0.6 is 0 Å². The van der Waals surface area contributed by atoms with E-state index in [0.717, 1.165) is 67.8 Å². The molecule has 0 saturated heterocycles. The zero-order valence-electron chi connectivity index (χ0n) is 14.0. The normalized spacial score (nSPS) is 17.0. The summed E-state index contributed by atoms with van der Waals surface area (Å²) >= 11 is 0. The fourth-order valence-corrected chi connectivity index (χ4v) is 3.38. The van der Waals surface area contributed by atoms with E-state index in [-0.39, 0.29) is 0 Å². The first-order valence-corrected chi connectivity index (χ1v) is 8.91. The smallest absolute Gasteiger partial charge is 0.165 e. The highest BCUT2D eigenvalue weighted by molar-refractivity contribution is 5.47. The first kappa shape index (κ1) is 15.4. The molecule has 128 valence electrons. The van der Waals surface area contributed by atoms with Crippen molar-refractivity contribution in [2.24, 2.45) is 0 Å². The summed E-state index contributed by atoms with van der Waals surface area (Å²) in [4.78, 5) is 0. The minimum absolute atomic E-state index is 0.710. The molecular formula is C18H24N4O2. The Balaban J connectivity index is 1.42. The molecule has 6 heteroatoms. The Labute approximate surface area is 142 Å². The second kappa shape index (κ2) is 7.21. The summed E-state index contributed by atoms with van der Waals surface area (Å²) < 4.78 is 13.9. The Morgan fingerprint density at radius 3 is 2.96 bits per heavy atom. The molecule has 0 spiro atoms. The largest absolute Gasteiger partial charge is 0.490 e. The first-order valence-electron chi connectivity index (χ1n) is 8.91. The molecule has 0 radical (unpaired) electrons. The van der Waals surface area contributed by atoms with Crippen LogP contribution in [-0.2, 0) is 26.1 Å². The Morgan fingerprint density at radius 2 is 1.96 bits per heavy atom. The van der Waals surface area contributed by atoms with Crippen LogP contribution in [0.5, 0.6) is 11.5 Å². The van der Waals surface area contributed by atoms with Crippen molar-refractivity contribution >= 4 is 0 Å². The van der Waals surface area contributed by atoms with E-state index in [0.29, 0.717) is 6.61 Å². The second-order valence-corrected chi connectivity index (χ2v) is 6.39. The fourth-order valence-electron chi connectivity index (χ4n) is 3.38. The number of aromatic nitrogens is 3. The molecular weight excluding hydrogens is 304 g/mol. The van der Waals surface area contributed by atoms with Gasteiger partial charge in [0.25, 0.3) is 0 Å². The highest BCUT2D eigenvalue weighted by Gasteiger charge is 2.16. The van der Waals surface area contributed by atoms with Crippen LogP contribution < -0.4 is 14.8 Å². The Bertz CT molecular complexity index is 698. The zero-order valence-corrected chi connectivity index (χ0v) is 14.0. The number of benzene rings is 1. The molecule has 2 aromatic rings. The van der Waals surface area contributed by atoms with E-state index in [1.54, 1.807) is 0 Å². The molecule has 2 aliphatic heterocycles. The van der Waals surface area contributed by atoms with E-state index in [1.165, 1.54) is 19.3 Å². The number of fused-ring (bicyclic) bond motifs is 2. The summed E-state index contributed by atoms with van der Waals surface area (Å²) in [6.07, 6.45) is 5.69. The maximum Gasteiger partial charge on any atom is 0.165 e. The Hall–Kier alpha value is -2.08. The second-order valence-electron chi connectivity index (χ2n) is 6.39. The molecule has 1 aromatic carbocycles. The van der Waals surface area contributed by atoms with Crippen molar-refractivity contribution in [1.82, 2.24) is 20.1 Å². The van der Waals surface area contributed by atoms with Gasteiger partial charge in [-0.2, -0.15) is 0 Å². The summed E-state index contributed by atoms with van der Waals surface area (Å²) in [5, 5.41) is 12.2. The first-order chi connectivity index (χ1) is 11.9. The van der Waals surface area contributed by atoms with Crippen molar-refractivity contribution < 1.29 is 9.47 Å².